The van der Waals surface area contributed by atoms with Gasteiger partial charge >= 0.3 is 11.7 Å². The molecule has 2 saturated carbocycles. The van der Waals surface area contributed by atoms with Gasteiger partial charge in [-0.1, -0.05) is 18.2 Å². The molecule has 3 heterocycles. The standard InChI is InChI=1S/C32H34N4O7S/c1-17-25-28(37)36(32(2,3)30(38)39)31(40)35(29(25)44-26(17)27-34-9-10-42-27)16-24(22-7-5-6-8-23(22)41-4)43-21-13-19-11-18(15-33)12-20(19)14-21/h5-10,18-21,24H,11-14,16H2,1-4H3,(H,38,39)/t18?,19-,20+,21?,24?. The summed E-state index contributed by atoms with van der Waals surface area (Å²) >= 11 is 1.20. The number of ether oxygens (including phenoxy) is 2. The van der Waals surface area contributed by atoms with Gasteiger partial charge in [-0.3, -0.25) is 9.36 Å². The first-order chi connectivity index (χ1) is 21.0. The monoisotopic (exact) mass is 618 g/mol. The number of nitrogens with zero attached hydrogens (tertiary/aromatic N) is 4. The van der Waals surface area contributed by atoms with Gasteiger partial charge in [0.25, 0.3) is 5.56 Å². The van der Waals surface area contributed by atoms with E-state index >= 15 is 0 Å². The topological polar surface area (TPSA) is 150 Å². The van der Waals surface area contributed by atoms with Gasteiger partial charge in [0.1, 0.15) is 28.5 Å². The number of carboxylic acid groups (broad SMARTS) is 1. The van der Waals surface area contributed by atoms with Crippen molar-refractivity contribution in [2.75, 3.05) is 7.11 Å². The fourth-order valence-corrected chi connectivity index (χ4v) is 8.20. The number of thiophene rings is 1. The van der Waals surface area contributed by atoms with E-state index in [-0.39, 0.29) is 24.0 Å². The van der Waals surface area contributed by atoms with E-state index in [1.54, 1.807) is 14.0 Å². The number of nitriles is 1. The highest BCUT2D eigenvalue weighted by Gasteiger charge is 2.43. The molecule has 230 valence electrons. The van der Waals surface area contributed by atoms with Crippen LogP contribution in [0.15, 0.2) is 50.7 Å². The van der Waals surface area contributed by atoms with Gasteiger partial charge in [0.2, 0.25) is 5.89 Å². The molecule has 4 aromatic rings. The maximum absolute atomic E-state index is 14.3. The summed E-state index contributed by atoms with van der Waals surface area (Å²) < 4.78 is 20.3. The summed E-state index contributed by atoms with van der Waals surface area (Å²) in [5.74, 6) is 0.497. The number of aromatic nitrogens is 3. The average molecular weight is 619 g/mol. The Balaban J connectivity index is 1.51. The highest BCUT2D eigenvalue weighted by molar-refractivity contribution is 7.22. The van der Waals surface area contributed by atoms with E-state index in [1.165, 1.54) is 42.2 Å². The Bertz CT molecular complexity index is 1870. The number of carbonyl (C=O) groups is 1. The lowest BCUT2D eigenvalue weighted by Crippen LogP contribution is -2.52. The Morgan fingerprint density at radius 2 is 1.93 bits per heavy atom. The van der Waals surface area contributed by atoms with Gasteiger partial charge in [-0.2, -0.15) is 5.26 Å². The number of para-hydroxylation sites is 1. The van der Waals surface area contributed by atoms with Crippen molar-refractivity contribution in [1.82, 2.24) is 14.1 Å². The first kappa shape index (κ1) is 29.8. The molecule has 3 aromatic heterocycles. The van der Waals surface area contributed by atoms with E-state index in [9.17, 15) is 24.8 Å². The molecule has 2 aliphatic carbocycles. The van der Waals surface area contributed by atoms with Crippen LogP contribution in [0.4, 0.5) is 0 Å². The lowest BCUT2D eigenvalue weighted by Gasteiger charge is -2.27. The van der Waals surface area contributed by atoms with Crippen LogP contribution >= 0.6 is 11.3 Å². The maximum atomic E-state index is 14.3. The lowest BCUT2D eigenvalue weighted by molar-refractivity contribution is -0.146. The lowest BCUT2D eigenvalue weighted by atomic mass is 10.0. The normalized spacial score (nSPS) is 22.2. The molecule has 0 bridgehead atoms. The first-order valence-electron chi connectivity index (χ1n) is 14.7. The molecule has 2 fully saturated rings. The Morgan fingerprint density at radius 1 is 1.23 bits per heavy atom. The van der Waals surface area contributed by atoms with Crippen LogP contribution in [0.3, 0.4) is 0 Å². The van der Waals surface area contributed by atoms with Crippen molar-refractivity contribution < 1.29 is 23.8 Å². The molecule has 5 atom stereocenters. The number of benzene rings is 1. The van der Waals surface area contributed by atoms with Gasteiger partial charge < -0.3 is 19.0 Å². The zero-order chi connectivity index (χ0) is 31.3. The molecule has 0 amide bonds. The molecule has 6 rings (SSSR count). The predicted octanol–water partition coefficient (Wildman–Crippen LogP) is 5.10. The predicted molar refractivity (Wildman–Crippen MR) is 163 cm³/mol. The van der Waals surface area contributed by atoms with E-state index in [4.69, 9.17) is 13.9 Å². The van der Waals surface area contributed by atoms with Crippen LogP contribution < -0.4 is 16.0 Å². The van der Waals surface area contributed by atoms with Crippen molar-refractivity contribution in [3.63, 3.8) is 0 Å². The minimum Gasteiger partial charge on any atom is -0.496 e. The molecule has 0 spiro atoms. The number of hydrogen-bond donors (Lipinski definition) is 1. The van der Waals surface area contributed by atoms with Crippen molar-refractivity contribution in [2.24, 2.45) is 17.8 Å². The summed E-state index contributed by atoms with van der Waals surface area (Å²) in [6, 6.07) is 9.86. The summed E-state index contributed by atoms with van der Waals surface area (Å²) in [4.78, 5) is 45.8. The third-order valence-corrected chi connectivity index (χ3v) is 10.6. The van der Waals surface area contributed by atoms with Gasteiger partial charge in [-0.25, -0.2) is 19.1 Å². The minimum absolute atomic E-state index is 0.00329. The van der Waals surface area contributed by atoms with Crippen LogP contribution in [0.2, 0.25) is 0 Å². The van der Waals surface area contributed by atoms with Crippen molar-refractivity contribution in [2.45, 2.75) is 70.7 Å². The summed E-state index contributed by atoms with van der Waals surface area (Å²) in [6.45, 7) is 4.42. The van der Waals surface area contributed by atoms with Gasteiger partial charge in [0.15, 0.2) is 0 Å². The van der Waals surface area contributed by atoms with Crippen LogP contribution in [0.1, 0.15) is 56.8 Å². The number of oxazole rings is 1. The van der Waals surface area contributed by atoms with E-state index in [0.29, 0.717) is 38.7 Å². The van der Waals surface area contributed by atoms with Crippen LogP contribution in [-0.4, -0.2) is 38.4 Å². The summed E-state index contributed by atoms with van der Waals surface area (Å²) in [5.41, 5.74) is -1.99. The quantitative estimate of drug-likeness (QED) is 0.270. The Morgan fingerprint density at radius 3 is 2.55 bits per heavy atom. The summed E-state index contributed by atoms with van der Waals surface area (Å²) in [7, 11) is 1.57. The molecule has 44 heavy (non-hydrogen) atoms. The fraction of sp³-hybridized carbons (Fsp3) is 0.469. The second-order valence-corrected chi connectivity index (χ2v) is 13.2. The molecule has 3 unspecified atom stereocenters. The summed E-state index contributed by atoms with van der Waals surface area (Å²) in [6.07, 6.45) is 5.54. The second kappa shape index (κ2) is 11.4. The Labute approximate surface area is 257 Å². The maximum Gasteiger partial charge on any atom is 0.333 e. The van der Waals surface area contributed by atoms with Crippen LogP contribution in [-0.2, 0) is 21.6 Å². The van der Waals surface area contributed by atoms with Gasteiger partial charge in [-0.05, 0) is 69.9 Å². The fourth-order valence-electron chi connectivity index (χ4n) is 6.96. The summed E-state index contributed by atoms with van der Waals surface area (Å²) in [5, 5.41) is 19.7. The number of aryl methyl sites for hydroxylation is 1. The Kier molecular flexibility index (Phi) is 7.71. The van der Waals surface area contributed by atoms with E-state index < -0.39 is 28.9 Å². The van der Waals surface area contributed by atoms with Gasteiger partial charge in [-0.15, -0.1) is 11.3 Å². The molecule has 12 heteroatoms. The second-order valence-electron chi connectivity index (χ2n) is 12.2. The molecule has 1 N–H and O–H groups in total. The molecule has 1 aromatic carbocycles. The van der Waals surface area contributed by atoms with Gasteiger partial charge in [0.05, 0.1) is 42.3 Å². The molecule has 2 aliphatic rings. The van der Waals surface area contributed by atoms with Gasteiger partial charge in [0, 0.05) is 11.5 Å². The number of hydrogen-bond acceptors (Lipinski definition) is 9. The van der Waals surface area contributed by atoms with Crippen molar-refractivity contribution in [3.05, 3.63) is 68.7 Å². The molecular weight excluding hydrogens is 584 g/mol. The smallest absolute Gasteiger partial charge is 0.333 e. The molecule has 0 aliphatic heterocycles. The number of carboxylic acids is 1. The largest absolute Gasteiger partial charge is 0.496 e. The third-order valence-electron chi connectivity index (χ3n) is 9.27. The minimum atomic E-state index is -1.83. The van der Waals surface area contributed by atoms with Crippen LogP contribution in [0, 0.1) is 36.0 Å². The van der Waals surface area contributed by atoms with E-state index in [2.05, 4.69) is 11.1 Å². The molecule has 0 saturated heterocycles. The molecule has 11 nitrogen and oxygen atoms in total. The number of methoxy groups -OCH3 is 1. The van der Waals surface area contributed by atoms with E-state index in [1.807, 2.05) is 24.3 Å². The zero-order valence-corrected chi connectivity index (χ0v) is 25.8. The first-order valence-corrected chi connectivity index (χ1v) is 15.5. The van der Waals surface area contributed by atoms with Crippen molar-refractivity contribution >= 4 is 27.5 Å². The highest BCUT2D eigenvalue weighted by Crippen LogP contribution is 2.49. The number of aliphatic carboxylic acids is 1. The highest BCUT2D eigenvalue weighted by atomic mass is 32.1. The van der Waals surface area contributed by atoms with Crippen molar-refractivity contribution in [1.29, 1.82) is 5.26 Å². The SMILES string of the molecule is COc1ccccc1C(Cn1c(=O)n(C(C)(C)C(=O)O)c(=O)c2c(C)c(-c3ncco3)sc21)OC1C[C@H]2CC(C#N)C[C@H]2C1. The van der Waals surface area contributed by atoms with Crippen molar-refractivity contribution in [3.8, 4) is 22.6 Å². The molecule has 0 radical (unpaired) electrons. The van der Waals surface area contributed by atoms with Crippen LogP contribution in [0.25, 0.3) is 21.0 Å². The van der Waals surface area contributed by atoms with Crippen LogP contribution in [0.5, 0.6) is 5.75 Å². The van der Waals surface area contributed by atoms with E-state index in [0.717, 1.165) is 35.8 Å². The Hall–Kier alpha value is -4.21. The number of fused-ring (bicyclic) bond motifs is 2. The third kappa shape index (κ3) is 4.94. The average Bonchev–Trinajstić information content (AvgIpc) is 3.78. The number of rotatable bonds is 9. The zero-order valence-electron chi connectivity index (χ0n) is 25.0. The molecular formula is C32H34N4O7S.